The molecule has 1 rings (SSSR count). The van der Waals surface area contributed by atoms with Crippen molar-refractivity contribution in [1.29, 1.82) is 0 Å². The van der Waals surface area contributed by atoms with E-state index < -0.39 is 5.41 Å². The van der Waals surface area contributed by atoms with Crippen molar-refractivity contribution in [2.45, 2.75) is 71.8 Å². The standard InChI is InChI=1S/C15H28N2OS/c1-4-11(2)10-12(3)17-14(18)15(13(16)19)8-6-5-7-9-15/h11-12H,4-10H2,1-3H3,(H2,16,19)(H,17,18). The lowest BCUT2D eigenvalue weighted by Gasteiger charge is -2.36. The number of rotatable bonds is 6. The van der Waals surface area contributed by atoms with Crippen LogP contribution in [0.4, 0.5) is 0 Å². The molecule has 3 nitrogen and oxygen atoms in total. The summed E-state index contributed by atoms with van der Waals surface area (Å²) in [5.74, 6) is 0.679. The molecule has 0 saturated heterocycles. The fraction of sp³-hybridized carbons (Fsp3) is 0.867. The molecule has 1 amide bonds. The van der Waals surface area contributed by atoms with E-state index in [4.69, 9.17) is 18.0 Å². The van der Waals surface area contributed by atoms with Crippen molar-refractivity contribution in [3.8, 4) is 0 Å². The second-order valence-electron chi connectivity index (χ2n) is 6.13. The van der Waals surface area contributed by atoms with Crippen LogP contribution in [0.5, 0.6) is 0 Å². The Kier molecular flexibility index (Phi) is 6.24. The first-order valence-corrected chi connectivity index (χ1v) is 7.94. The van der Waals surface area contributed by atoms with Crippen molar-refractivity contribution < 1.29 is 4.79 Å². The molecule has 0 aromatic heterocycles. The average molecular weight is 284 g/mol. The molecule has 0 aliphatic heterocycles. The molecule has 2 atom stereocenters. The topological polar surface area (TPSA) is 55.1 Å². The van der Waals surface area contributed by atoms with Crippen LogP contribution in [0, 0.1) is 11.3 Å². The van der Waals surface area contributed by atoms with Gasteiger partial charge in [-0.3, -0.25) is 4.79 Å². The summed E-state index contributed by atoms with van der Waals surface area (Å²) < 4.78 is 0. The molecule has 0 spiro atoms. The fourth-order valence-electron chi connectivity index (χ4n) is 2.93. The van der Waals surface area contributed by atoms with Crippen LogP contribution in [-0.2, 0) is 4.79 Å². The van der Waals surface area contributed by atoms with Crippen molar-refractivity contribution in [3.05, 3.63) is 0 Å². The molecule has 0 heterocycles. The molecule has 0 radical (unpaired) electrons. The van der Waals surface area contributed by atoms with Crippen LogP contribution in [0.15, 0.2) is 0 Å². The van der Waals surface area contributed by atoms with E-state index in [-0.39, 0.29) is 11.9 Å². The molecule has 1 saturated carbocycles. The van der Waals surface area contributed by atoms with Crippen LogP contribution in [0.25, 0.3) is 0 Å². The molecular formula is C15H28N2OS. The number of carbonyl (C=O) groups is 1. The van der Waals surface area contributed by atoms with Gasteiger partial charge in [0.15, 0.2) is 0 Å². The Morgan fingerprint density at radius 2 is 1.89 bits per heavy atom. The van der Waals surface area contributed by atoms with Crippen LogP contribution in [0.1, 0.15) is 65.7 Å². The van der Waals surface area contributed by atoms with Crippen molar-refractivity contribution in [2.75, 3.05) is 0 Å². The summed E-state index contributed by atoms with van der Waals surface area (Å²) in [6, 6.07) is 0.190. The summed E-state index contributed by atoms with van der Waals surface area (Å²) >= 11 is 5.18. The number of carbonyl (C=O) groups excluding carboxylic acids is 1. The molecule has 110 valence electrons. The smallest absolute Gasteiger partial charge is 0.233 e. The minimum Gasteiger partial charge on any atom is -0.392 e. The molecule has 0 aromatic carbocycles. The third kappa shape index (κ3) is 4.16. The molecule has 0 bridgehead atoms. The van der Waals surface area contributed by atoms with Gasteiger partial charge in [0.1, 0.15) is 0 Å². The summed E-state index contributed by atoms with van der Waals surface area (Å²) in [5.41, 5.74) is 5.29. The second kappa shape index (κ2) is 7.22. The minimum atomic E-state index is -0.586. The summed E-state index contributed by atoms with van der Waals surface area (Å²) in [5, 5.41) is 3.13. The first-order chi connectivity index (χ1) is 8.92. The molecule has 0 aromatic rings. The summed E-state index contributed by atoms with van der Waals surface area (Å²) in [4.78, 5) is 12.9. The van der Waals surface area contributed by atoms with E-state index in [9.17, 15) is 4.79 Å². The maximum Gasteiger partial charge on any atom is 0.233 e. The fourth-order valence-corrected chi connectivity index (χ4v) is 3.23. The Balaban J connectivity index is 2.65. The highest BCUT2D eigenvalue weighted by Gasteiger charge is 2.42. The second-order valence-corrected chi connectivity index (χ2v) is 6.57. The Labute approximate surface area is 122 Å². The van der Waals surface area contributed by atoms with E-state index in [0.717, 1.165) is 38.5 Å². The summed E-state index contributed by atoms with van der Waals surface area (Å²) in [7, 11) is 0. The molecule has 3 N–H and O–H groups in total. The van der Waals surface area contributed by atoms with Crippen molar-refractivity contribution in [1.82, 2.24) is 5.32 Å². The minimum absolute atomic E-state index is 0.0514. The number of hydrogen-bond acceptors (Lipinski definition) is 2. The molecule has 4 heteroatoms. The molecule has 2 unspecified atom stereocenters. The molecule has 1 fully saturated rings. The number of hydrogen-bond donors (Lipinski definition) is 2. The van der Waals surface area contributed by atoms with Crippen molar-refractivity contribution in [2.24, 2.45) is 17.1 Å². The van der Waals surface area contributed by atoms with Gasteiger partial charge in [-0.05, 0) is 32.1 Å². The zero-order valence-corrected chi connectivity index (χ0v) is 13.3. The number of nitrogens with one attached hydrogen (secondary N) is 1. The van der Waals surface area contributed by atoms with Crippen LogP contribution >= 0.6 is 12.2 Å². The van der Waals surface area contributed by atoms with Gasteiger partial charge in [-0.1, -0.05) is 51.7 Å². The van der Waals surface area contributed by atoms with Gasteiger partial charge in [0.05, 0.1) is 10.4 Å². The normalized spacial score (nSPS) is 21.4. The Bertz CT molecular complexity index is 324. The van der Waals surface area contributed by atoms with E-state index in [1.165, 1.54) is 6.42 Å². The first kappa shape index (κ1) is 16.4. The summed E-state index contributed by atoms with van der Waals surface area (Å²) in [6.07, 6.45) is 7.04. The van der Waals surface area contributed by atoms with Crippen LogP contribution in [0.3, 0.4) is 0 Å². The zero-order chi connectivity index (χ0) is 14.5. The Morgan fingerprint density at radius 3 is 2.37 bits per heavy atom. The predicted molar refractivity (Wildman–Crippen MR) is 84.0 cm³/mol. The average Bonchev–Trinajstić information content (AvgIpc) is 2.38. The highest BCUT2D eigenvalue weighted by molar-refractivity contribution is 7.80. The Morgan fingerprint density at radius 1 is 1.32 bits per heavy atom. The largest absolute Gasteiger partial charge is 0.392 e. The van der Waals surface area contributed by atoms with Gasteiger partial charge in [-0.25, -0.2) is 0 Å². The van der Waals surface area contributed by atoms with Crippen molar-refractivity contribution >= 4 is 23.1 Å². The maximum atomic E-state index is 12.6. The lowest BCUT2D eigenvalue weighted by atomic mass is 9.73. The molecule has 19 heavy (non-hydrogen) atoms. The zero-order valence-electron chi connectivity index (χ0n) is 12.5. The lowest BCUT2D eigenvalue weighted by molar-refractivity contribution is -0.129. The van der Waals surface area contributed by atoms with E-state index in [1.807, 2.05) is 0 Å². The first-order valence-electron chi connectivity index (χ1n) is 7.53. The van der Waals surface area contributed by atoms with E-state index in [1.54, 1.807) is 0 Å². The van der Waals surface area contributed by atoms with E-state index >= 15 is 0 Å². The van der Waals surface area contributed by atoms with Gasteiger partial charge in [-0.15, -0.1) is 0 Å². The van der Waals surface area contributed by atoms with Gasteiger partial charge in [0.25, 0.3) is 0 Å². The Hall–Kier alpha value is -0.640. The highest BCUT2D eigenvalue weighted by Crippen LogP contribution is 2.37. The van der Waals surface area contributed by atoms with Gasteiger partial charge in [0, 0.05) is 6.04 Å². The van der Waals surface area contributed by atoms with Crippen LogP contribution in [-0.4, -0.2) is 16.9 Å². The van der Waals surface area contributed by atoms with Crippen LogP contribution in [0.2, 0.25) is 0 Å². The summed E-state index contributed by atoms with van der Waals surface area (Å²) in [6.45, 7) is 6.46. The lowest BCUT2D eigenvalue weighted by Crippen LogP contribution is -2.52. The quantitative estimate of drug-likeness (QED) is 0.737. The third-order valence-electron chi connectivity index (χ3n) is 4.44. The maximum absolute atomic E-state index is 12.6. The van der Waals surface area contributed by atoms with Gasteiger partial charge in [0.2, 0.25) is 5.91 Å². The van der Waals surface area contributed by atoms with Gasteiger partial charge < -0.3 is 11.1 Å². The SMILES string of the molecule is CCC(C)CC(C)NC(=O)C1(C(N)=S)CCCCC1. The van der Waals surface area contributed by atoms with Gasteiger partial charge in [-0.2, -0.15) is 0 Å². The number of nitrogens with two attached hydrogens (primary N) is 1. The molecule has 1 aliphatic rings. The highest BCUT2D eigenvalue weighted by atomic mass is 32.1. The van der Waals surface area contributed by atoms with Gasteiger partial charge >= 0.3 is 0 Å². The predicted octanol–water partition coefficient (Wildman–Crippen LogP) is 3.16. The van der Waals surface area contributed by atoms with E-state index in [2.05, 4.69) is 26.1 Å². The number of amides is 1. The number of thiocarbonyl (C=S) groups is 1. The molecular weight excluding hydrogens is 256 g/mol. The van der Waals surface area contributed by atoms with E-state index in [0.29, 0.717) is 10.9 Å². The van der Waals surface area contributed by atoms with Crippen molar-refractivity contribution in [3.63, 3.8) is 0 Å². The van der Waals surface area contributed by atoms with Crippen LogP contribution < -0.4 is 11.1 Å². The molecule has 1 aliphatic carbocycles. The monoisotopic (exact) mass is 284 g/mol. The third-order valence-corrected chi connectivity index (χ3v) is 4.83.